The Bertz CT molecular complexity index is 1220. The second-order valence-corrected chi connectivity index (χ2v) is 10.3. The maximum Gasteiger partial charge on any atom is 0.328 e. The predicted molar refractivity (Wildman–Crippen MR) is 138 cm³/mol. The number of hydrogen-bond acceptors (Lipinski definition) is 11. The van der Waals surface area contributed by atoms with Crippen LogP contribution >= 0.6 is 11.8 Å². The highest BCUT2D eigenvalue weighted by Crippen LogP contribution is 2.48. The molecule has 0 radical (unpaired) electrons. The number of benzene rings is 2. The summed E-state index contributed by atoms with van der Waals surface area (Å²) in [5, 5.41) is 83.3. The van der Waals surface area contributed by atoms with Gasteiger partial charge in [-0.25, -0.2) is 4.79 Å². The first kappa shape index (κ1) is 28.3. The molecule has 12 heteroatoms. The Kier molecular flexibility index (Phi) is 8.62. The maximum absolute atomic E-state index is 12.1. The molecule has 1 aliphatic heterocycles. The number of hydrogen-bond donors (Lipinski definition) is 8. The van der Waals surface area contributed by atoms with E-state index in [-0.39, 0.29) is 34.8 Å². The summed E-state index contributed by atoms with van der Waals surface area (Å²) in [6.07, 6.45) is -5.39. The van der Waals surface area contributed by atoms with Crippen molar-refractivity contribution >= 4 is 23.4 Å². The van der Waals surface area contributed by atoms with Gasteiger partial charge in [0, 0.05) is 17.0 Å². The molecular weight excluding hydrogens is 518 g/mol. The number of phenols is 2. The molecule has 1 heterocycles. The fourth-order valence-electron chi connectivity index (χ4n) is 5.19. The molecule has 8 N–H and O–H groups in total. The minimum absolute atomic E-state index is 0.0180. The highest BCUT2D eigenvalue weighted by atomic mass is 32.2. The molecule has 2 unspecified atom stereocenters. The third kappa shape index (κ3) is 5.00. The third-order valence-corrected chi connectivity index (χ3v) is 7.68. The second kappa shape index (κ2) is 11.6. The van der Waals surface area contributed by atoms with E-state index in [0.29, 0.717) is 22.4 Å². The number of fused-ring (bicyclic) bond motifs is 2. The van der Waals surface area contributed by atoms with E-state index in [0.717, 1.165) is 0 Å². The van der Waals surface area contributed by atoms with Gasteiger partial charge in [0.25, 0.3) is 0 Å². The van der Waals surface area contributed by atoms with Crippen LogP contribution in [0.15, 0.2) is 35.3 Å². The topological polar surface area (TPSA) is 200 Å². The molecule has 4 rings (SSSR count). The number of aliphatic hydroxyl groups excluding tert-OH is 5. The Balaban J connectivity index is 2.00. The number of phenolic OH excluding ortho intramolecular Hbond substituents is 2. The summed E-state index contributed by atoms with van der Waals surface area (Å²) in [6, 6.07) is 6.16. The van der Waals surface area contributed by atoms with Crippen molar-refractivity contribution in [3.8, 4) is 11.5 Å². The Morgan fingerprint density at radius 2 is 1.74 bits per heavy atom. The van der Waals surface area contributed by atoms with Gasteiger partial charge in [0.15, 0.2) is 0 Å². The Morgan fingerprint density at radius 3 is 2.37 bits per heavy atom. The molecule has 1 saturated heterocycles. The van der Waals surface area contributed by atoms with E-state index < -0.39 is 61.7 Å². The number of ether oxygens (including phenoxy) is 1. The first-order valence-electron chi connectivity index (χ1n) is 12.0. The molecule has 0 spiro atoms. The number of thioether (sulfide) groups is 1. The number of rotatable bonds is 8. The van der Waals surface area contributed by atoms with Crippen LogP contribution in [0.25, 0.3) is 0 Å². The molecule has 2 aromatic rings. The largest absolute Gasteiger partial charge is 0.507 e. The van der Waals surface area contributed by atoms with Gasteiger partial charge >= 0.3 is 5.97 Å². The number of carboxylic acid groups (broad SMARTS) is 1. The third-order valence-electron chi connectivity index (χ3n) is 7.03. The molecule has 1 fully saturated rings. The zero-order valence-corrected chi connectivity index (χ0v) is 21.3. The van der Waals surface area contributed by atoms with Crippen LogP contribution in [-0.2, 0) is 16.1 Å². The van der Waals surface area contributed by atoms with Crippen molar-refractivity contribution in [1.29, 1.82) is 0 Å². The van der Waals surface area contributed by atoms with Gasteiger partial charge in [0.1, 0.15) is 42.0 Å². The highest BCUT2D eigenvalue weighted by Gasteiger charge is 2.50. The molecule has 0 bridgehead atoms. The summed E-state index contributed by atoms with van der Waals surface area (Å²) >= 11 is 1.45. The zero-order valence-electron chi connectivity index (χ0n) is 20.5. The summed E-state index contributed by atoms with van der Waals surface area (Å²) in [4.78, 5) is 16.5. The van der Waals surface area contributed by atoms with E-state index in [4.69, 9.17) is 4.74 Å². The fraction of sp³-hybridized carbons (Fsp3) is 0.462. The maximum atomic E-state index is 12.1. The summed E-state index contributed by atoms with van der Waals surface area (Å²) in [6.45, 7) is -1.11. The summed E-state index contributed by atoms with van der Waals surface area (Å²) < 4.78 is 5.87. The molecule has 7 atom stereocenters. The Morgan fingerprint density at radius 1 is 1.03 bits per heavy atom. The number of nitrogens with zero attached hydrogens (tertiary/aromatic N) is 1. The molecule has 1 aliphatic carbocycles. The minimum Gasteiger partial charge on any atom is -0.507 e. The van der Waals surface area contributed by atoms with E-state index in [1.165, 1.54) is 30.0 Å². The molecule has 2 aliphatic rings. The van der Waals surface area contributed by atoms with E-state index in [1.54, 1.807) is 12.1 Å². The lowest BCUT2D eigenvalue weighted by atomic mass is 9.71. The molecular formula is C26H31NO10S. The fourth-order valence-corrected chi connectivity index (χ4v) is 5.65. The van der Waals surface area contributed by atoms with Crippen molar-refractivity contribution in [2.75, 3.05) is 18.6 Å². The zero-order chi connectivity index (χ0) is 27.7. The molecule has 38 heavy (non-hydrogen) atoms. The van der Waals surface area contributed by atoms with Crippen LogP contribution in [0.3, 0.4) is 0 Å². The van der Waals surface area contributed by atoms with Crippen molar-refractivity contribution < 1.29 is 50.4 Å². The van der Waals surface area contributed by atoms with Gasteiger partial charge in [0.05, 0.1) is 25.0 Å². The van der Waals surface area contributed by atoms with Gasteiger partial charge in [-0.2, -0.15) is 11.8 Å². The lowest BCUT2D eigenvalue weighted by molar-refractivity contribution is -0.232. The number of aliphatic imine (C=N–C) groups is 1. The van der Waals surface area contributed by atoms with Gasteiger partial charge < -0.3 is 45.6 Å². The summed E-state index contributed by atoms with van der Waals surface area (Å²) in [7, 11) is 0. The van der Waals surface area contributed by atoms with Gasteiger partial charge in [-0.15, -0.1) is 0 Å². The molecule has 0 aromatic heterocycles. The van der Waals surface area contributed by atoms with Crippen LogP contribution in [0.2, 0.25) is 0 Å². The Hall–Kier alpha value is -2.71. The standard InChI is InChI=1S/C26H31NO10S/c1-38-6-5-14(26(35)36)27-21-19-12(3-2-4-15(19)30)18(13-7-11(9-28)8-16(31)20(13)21)25-24(34)23(33)22(32)17(10-29)37-25/h2-4,7-8,14,17-18,22-25,28-34H,5-6,9-10H2,1H3,(H,35,36)/t14?,17-,18?,22-,23+,24-,25+/m1/s1. The number of aromatic hydroxyl groups is 2. The van der Waals surface area contributed by atoms with E-state index in [2.05, 4.69) is 4.99 Å². The molecule has 0 saturated carbocycles. The molecule has 0 amide bonds. The van der Waals surface area contributed by atoms with Gasteiger partial charge in [-0.1, -0.05) is 18.2 Å². The van der Waals surface area contributed by atoms with Crippen molar-refractivity contribution in [2.45, 2.75) is 55.5 Å². The Labute approximate surface area is 222 Å². The van der Waals surface area contributed by atoms with Gasteiger partial charge in [-0.3, -0.25) is 4.99 Å². The van der Waals surface area contributed by atoms with Crippen LogP contribution in [0.1, 0.15) is 40.2 Å². The lowest BCUT2D eigenvalue weighted by Gasteiger charge is -2.45. The van der Waals surface area contributed by atoms with Crippen LogP contribution in [-0.4, -0.2) is 108 Å². The van der Waals surface area contributed by atoms with Crippen molar-refractivity contribution in [3.63, 3.8) is 0 Å². The monoisotopic (exact) mass is 549 g/mol. The van der Waals surface area contributed by atoms with Crippen LogP contribution < -0.4 is 0 Å². The van der Waals surface area contributed by atoms with Crippen LogP contribution in [0.5, 0.6) is 11.5 Å². The smallest absolute Gasteiger partial charge is 0.328 e. The normalized spacial score (nSPS) is 28.5. The SMILES string of the molecule is CSCCC(N=C1c2c(O)cccc2C([C@@H]2O[C@H](CO)[C@@H](O)[C@H](O)[C@H]2O)c2cc(CO)cc(O)c21)C(=O)O. The summed E-state index contributed by atoms with van der Waals surface area (Å²) in [5.41, 5.74) is 1.16. The van der Waals surface area contributed by atoms with Crippen molar-refractivity contribution in [3.05, 3.63) is 58.1 Å². The van der Waals surface area contributed by atoms with E-state index in [1.807, 2.05) is 6.26 Å². The molecule has 206 valence electrons. The number of aliphatic hydroxyl groups is 5. The molecule has 2 aromatic carbocycles. The summed E-state index contributed by atoms with van der Waals surface area (Å²) in [5.74, 6) is -2.28. The van der Waals surface area contributed by atoms with E-state index in [9.17, 15) is 45.6 Å². The first-order chi connectivity index (χ1) is 18.1. The quantitative estimate of drug-likeness (QED) is 0.219. The van der Waals surface area contributed by atoms with Crippen molar-refractivity contribution in [1.82, 2.24) is 0 Å². The average molecular weight is 550 g/mol. The van der Waals surface area contributed by atoms with E-state index >= 15 is 0 Å². The number of carbonyl (C=O) groups is 1. The minimum atomic E-state index is -1.68. The molecule has 11 nitrogen and oxygen atoms in total. The average Bonchev–Trinajstić information content (AvgIpc) is 2.89. The predicted octanol–water partition coefficient (Wildman–Crippen LogP) is -0.0785. The lowest BCUT2D eigenvalue weighted by Crippen LogP contribution is -2.60. The van der Waals surface area contributed by atoms with Crippen molar-refractivity contribution in [2.24, 2.45) is 4.99 Å². The highest BCUT2D eigenvalue weighted by molar-refractivity contribution is 7.98. The van der Waals surface area contributed by atoms with Crippen LogP contribution in [0.4, 0.5) is 0 Å². The van der Waals surface area contributed by atoms with Crippen LogP contribution in [0, 0.1) is 0 Å². The first-order valence-corrected chi connectivity index (χ1v) is 13.4. The second-order valence-electron chi connectivity index (χ2n) is 9.36. The van der Waals surface area contributed by atoms with Gasteiger partial charge in [0.2, 0.25) is 0 Å². The number of aliphatic carboxylic acids is 1. The number of carboxylic acids is 1. The van der Waals surface area contributed by atoms with Gasteiger partial charge in [-0.05, 0) is 47.3 Å².